The molecule has 1 aromatic carbocycles. The van der Waals surface area contributed by atoms with Crippen molar-refractivity contribution in [2.24, 2.45) is 0 Å². The smallest absolute Gasteiger partial charge is 0.238 e. The SMILES string of the molecule is CC(=O)/C(C#N)=C1\NC(=O)[C@H](Cc2cc(Cl)ccc2Cl)S1. The maximum Gasteiger partial charge on any atom is 0.238 e. The van der Waals surface area contributed by atoms with Crippen LogP contribution in [-0.4, -0.2) is 16.9 Å². The highest BCUT2D eigenvalue weighted by Crippen LogP contribution is 2.33. The number of nitrogens with one attached hydrogen (secondary N) is 1. The van der Waals surface area contributed by atoms with Crippen molar-refractivity contribution in [3.8, 4) is 6.07 Å². The molecule has 0 bridgehead atoms. The number of allylic oxidation sites excluding steroid dienone is 1. The second-order valence-corrected chi connectivity index (χ2v) is 6.46. The van der Waals surface area contributed by atoms with Gasteiger partial charge in [-0.15, -0.1) is 0 Å². The Labute approximate surface area is 136 Å². The van der Waals surface area contributed by atoms with Crippen LogP contribution in [0.15, 0.2) is 28.8 Å². The summed E-state index contributed by atoms with van der Waals surface area (Å²) in [6, 6.07) is 6.86. The summed E-state index contributed by atoms with van der Waals surface area (Å²) in [6.45, 7) is 1.29. The first-order valence-corrected chi connectivity index (χ1v) is 7.62. The van der Waals surface area contributed by atoms with Crippen molar-refractivity contribution in [1.29, 1.82) is 5.26 Å². The van der Waals surface area contributed by atoms with Gasteiger partial charge in [0.15, 0.2) is 5.78 Å². The molecule has 1 aliphatic rings. The van der Waals surface area contributed by atoms with Crippen molar-refractivity contribution in [3.63, 3.8) is 0 Å². The van der Waals surface area contributed by atoms with Gasteiger partial charge < -0.3 is 5.32 Å². The summed E-state index contributed by atoms with van der Waals surface area (Å²) >= 11 is 13.2. The lowest BCUT2D eigenvalue weighted by Crippen LogP contribution is -2.24. The topological polar surface area (TPSA) is 70.0 Å². The zero-order chi connectivity index (χ0) is 15.6. The molecule has 1 aliphatic heterocycles. The molecule has 1 amide bonds. The molecule has 1 heterocycles. The Morgan fingerprint density at radius 2 is 2.19 bits per heavy atom. The summed E-state index contributed by atoms with van der Waals surface area (Å²) in [5.74, 6) is -0.623. The van der Waals surface area contributed by atoms with Crippen molar-refractivity contribution >= 4 is 46.7 Å². The monoisotopic (exact) mass is 340 g/mol. The average Bonchev–Trinajstić information content (AvgIpc) is 2.75. The van der Waals surface area contributed by atoms with Crippen molar-refractivity contribution in [2.45, 2.75) is 18.6 Å². The molecule has 0 saturated carbocycles. The van der Waals surface area contributed by atoms with Crippen molar-refractivity contribution < 1.29 is 9.59 Å². The molecule has 0 aromatic heterocycles. The zero-order valence-corrected chi connectivity index (χ0v) is 13.3. The maximum absolute atomic E-state index is 12.0. The van der Waals surface area contributed by atoms with E-state index in [2.05, 4.69) is 5.32 Å². The van der Waals surface area contributed by atoms with Gasteiger partial charge in [-0.2, -0.15) is 5.26 Å². The average molecular weight is 341 g/mol. The largest absolute Gasteiger partial charge is 0.318 e. The first kappa shape index (κ1) is 15.9. The van der Waals surface area contributed by atoms with E-state index < -0.39 is 5.25 Å². The Kier molecular flexibility index (Phi) is 4.94. The third-order valence-corrected chi connectivity index (χ3v) is 4.70. The Morgan fingerprint density at radius 3 is 2.81 bits per heavy atom. The number of nitrogens with zero attached hydrogens (tertiary/aromatic N) is 1. The molecule has 1 saturated heterocycles. The number of hydrogen-bond acceptors (Lipinski definition) is 4. The first-order chi connectivity index (χ1) is 9.92. The fourth-order valence-electron chi connectivity index (χ4n) is 1.86. The number of benzene rings is 1. The molecule has 0 aliphatic carbocycles. The van der Waals surface area contributed by atoms with Gasteiger partial charge in [-0.3, -0.25) is 9.59 Å². The molecule has 1 aromatic rings. The van der Waals surface area contributed by atoms with Gasteiger partial charge in [0.05, 0.1) is 10.3 Å². The van der Waals surface area contributed by atoms with E-state index in [9.17, 15) is 9.59 Å². The molecule has 108 valence electrons. The number of carbonyl (C=O) groups excluding carboxylic acids is 2. The highest BCUT2D eigenvalue weighted by Gasteiger charge is 2.32. The third-order valence-electron chi connectivity index (χ3n) is 2.89. The number of Topliss-reactive ketones (excluding diaryl/α,β-unsaturated/α-hetero) is 1. The Balaban J connectivity index is 2.24. The van der Waals surface area contributed by atoms with Crippen LogP contribution in [0.25, 0.3) is 0 Å². The van der Waals surface area contributed by atoms with E-state index in [4.69, 9.17) is 28.5 Å². The third kappa shape index (κ3) is 3.59. The number of rotatable bonds is 3. The Hall–Kier alpha value is -1.48. The number of thioether (sulfide) groups is 1. The number of carbonyl (C=O) groups is 2. The fraction of sp³-hybridized carbons (Fsp3) is 0.214. The molecule has 1 atom stereocenters. The van der Waals surface area contributed by atoms with E-state index in [0.29, 0.717) is 21.5 Å². The van der Waals surface area contributed by atoms with E-state index >= 15 is 0 Å². The van der Waals surface area contributed by atoms with Crippen LogP contribution in [0.4, 0.5) is 0 Å². The molecule has 2 rings (SSSR count). The molecule has 21 heavy (non-hydrogen) atoms. The summed E-state index contributed by atoms with van der Waals surface area (Å²) in [7, 11) is 0. The van der Waals surface area contributed by atoms with Crippen LogP contribution < -0.4 is 5.32 Å². The molecule has 0 radical (unpaired) electrons. The number of halogens is 2. The van der Waals surface area contributed by atoms with Gasteiger partial charge in [-0.25, -0.2) is 0 Å². The van der Waals surface area contributed by atoms with Crippen LogP contribution in [0.1, 0.15) is 12.5 Å². The lowest BCUT2D eigenvalue weighted by atomic mass is 10.1. The van der Waals surface area contributed by atoms with E-state index in [1.807, 2.05) is 6.07 Å². The van der Waals surface area contributed by atoms with Gasteiger partial charge in [0.25, 0.3) is 0 Å². The minimum atomic E-state index is -0.446. The zero-order valence-electron chi connectivity index (χ0n) is 10.9. The van der Waals surface area contributed by atoms with Crippen LogP contribution in [0.5, 0.6) is 0 Å². The van der Waals surface area contributed by atoms with E-state index in [-0.39, 0.29) is 17.3 Å². The number of hydrogen-bond donors (Lipinski definition) is 1. The fourth-order valence-corrected chi connectivity index (χ4v) is 3.43. The number of ketones is 1. The predicted molar refractivity (Wildman–Crippen MR) is 83.0 cm³/mol. The highest BCUT2D eigenvalue weighted by atomic mass is 35.5. The second kappa shape index (κ2) is 6.52. The molecule has 0 unspecified atom stereocenters. The van der Waals surface area contributed by atoms with Crippen molar-refractivity contribution in [2.75, 3.05) is 0 Å². The number of amides is 1. The van der Waals surface area contributed by atoms with E-state index in [0.717, 1.165) is 17.3 Å². The maximum atomic E-state index is 12.0. The van der Waals surface area contributed by atoms with E-state index in [1.54, 1.807) is 18.2 Å². The van der Waals surface area contributed by atoms with Crippen LogP contribution >= 0.6 is 35.0 Å². The van der Waals surface area contributed by atoms with Gasteiger partial charge in [0, 0.05) is 10.0 Å². The van der Waals surface area contributed by atoms with Crippen LogP contribution in [-0.2, 0) is 16.0 Å². The minimum Gasteiger partial charge on any atom is -0.318 e. The van der Waals surface area contributed by atoms with Crippen LogP contribution in [0.2, 0.25) is 10.0 Å². The van der Waals surface area contributed by atoms with Gasteiger partial charge in [0.1, 0.15) is 11.6 Å². The standard InChI is InChI=1S/C14H10Cl2N2O2S/c1-7(19)10(6-17)14-18-13(20)12(21-14)5-8-4-9(15)2-3-11(8)16/h2-4,12H,5H2,1H3,(H,18,20)/b14-10+/t12-/m0/s1. The summed E-state index contributed by atoms with van der Waals surface area (Å²) in [5, 5.41) is 12.5. The summed E-state index contributed by atoms with van der Waals surface area (Å²) in [4.78, 5) is 23.3. The molecule has 1 N–H and O–H groups in total. The van der Waals surface area contributed by atoms with Gasteiger partial charge in [-0.1, -0.05) is 35.0 Å². The van der Waals surface area contributed by atoms with Crippen molar-refractivity contribution in [3.05, 3.63) is 44.4 Å². The molecule has 7 heteroatoms. The quantitative estimate of drug-likeness (QED) is 0.678. The summed E-state index contributed by atoms with van der Waals surface area (Å²) in [5.41, 5.74) is 0.715. The molecular weight excluding hydrogens is 331 g/mol. The number of nitriles is 1. The first-order valence-electron chi connectivity index (χ1n) is 5.99. The Morgan fingerprint density at radius 1 is 1.48 bits per heavy atom. The Bertz CT molecular complexity index is 695. The molecule has 4 nitrogen and oxygen atoms in total. The molecule has 0 spiro atoms. The van der Waals surface area contributed by atoms with Gasteiger partial charge >= 0.3 is 0 Å². The lowest BCUT2D eigenvalue weighted by Gasteiger charge is -2.08. The molecule has 1 fully saturated rings. The van der Waals surface area contributed by atoms with Gasteiger partial charge in [0.2, 0.25) is 5.91 Å². The van der Waals surface area contributed by atoms with E-state index in [1.165, 1.54) is 6.92 Å². The van der Waals surface area contributed by atoms with Crippen LogP contribution in [0, 0.1) is 11.3 Å². The van der Waals surface area contributed by atoms with Gasteiger partial charge in [-0.05, 0) is 37.1 Å². The van der Waals surface area contributed by atoms with Crippen LogP contribution in [0.3, 0.4) is 0 Å². The predicted octanol–water partition coefficient (Wildman–Crippen LogP) is 3.09. The minimum absolute atomic E-state index is 0.0342. The normalized spacial score (nSPS) is 19.9. The van der Waals surface area contributed by atoms with Crippen molar-refractivity contribution in [1.82, 2.24) is 5.32 Å². The molecular formula is C14H10Cl2N2O2S. The second-order valence-electron chi connectivity index (χ2n) is 4.41. The highest BCUT2D eigenvalue weighted by molar-refractivity contribution is 8.04. The summed E-state index contributed by atoms with van der Waals surface area (Å²) in [6.07, 6.45) is 0.371. The lowest BCUT2D eigenvalue weighted by molar-refractivity contribution is -0.119. The summed E-state index contributed by atoms with van der Waals surface area (Å²) < 4.78 is 0.